The van der Waals surface area contributed by atoms with Crippen molar-refractivity contribution in [2.24, 2.45) is 0 Å². The summed E-state index contributed by atoms with van der Waals surface area (Å²) in [5.41, 5.74) is 1.13. The Morgan fingerprint density at radius 2 is 2.43 bits per heavy atom. The molecule has 1 N–H and O–H groups in total. The van der Waals surface area contributed by atoms with Crippen LogP contribution in [0.4, 0.5) is 0 Å². The van der Waals surface area contributed by atoms with Crippen LogP contribution in [0.25, 0.3) is 0 Å². The summed E-state index contributed by atoms with van der Waals surface area (Å²) in [5, 5.41) is 6.47. The Kier molecular flexibility index (Phi) is 2.97. The number of halogens is 1. The minimum Gasteiger partial charge on any atom is -1.00 e. The van der Waals surface area contributed by atoms with Crippen molar-refractivity contribution in [1.82, 2.24) is 10.2 Å². The highest BCUT2D eigenvalue weighted by atomic mass is 35.5. The van der Waals surface area contributed by atoms with Crippen LogP contribution in [0.1, 0.15) is 0 Å². The van der Waals surface area contributed by atoms with Gasteiger partial charge >= 0.3 is 0 Å². The number of nitrogens with zero attached hydrogens (tertiary/aromatic N) is 1. The van der Waals surface area contributed by atoms with Gasteiger partial charge in [-0.3, -0.25) is 0 Å². The number of hydrogen-bond acceptors (Lipinski definition) is 1. The zero-order valence-electron chi connectivity index (χ0n) is 3.69. The first-order valence-electron chi connectivity index (χ1n) is 1.71. The highest BCUT2D eigenvalue weighted by Gasteiger charge is 1.80. The summed E-state index contributed by atoms with van der Waals surface area (Å²) < 4.78 is 0. The van der Waals surface area contributed by atoms with Gasteiger partial charge in [0.15, 0.2) is 5.44 Å². The summed E-state index contributed by atoms with van der Waals surface area (Å²) in [6.07, 6.45) is 1.74. The molecule has 1 rings (SSSR count). The van der Waals surface area contributed by atoms with Gasteiger partial charge in [0.1, 0.15) is 0 Å². The maximum atomic E-state index is 3.70. The molecule has 1 atom stereocenters. The van der Waals surface area contributed by atoms with Crippen LogP contribution in [0.3, 0.4) is 0 Å². The van der Waals surface area contributed by atoms with E-state index >= 15 is 0 Å². The first-order valence-corrected chi connectivity index (χ1v) is 2.41. The fourth-order valence-electron chi connectivity index (χ4n) is 0.285. The predicted octanol–water partition coefficient (Wildman–Crippen LogP) is -3.35. The number of aromatic nitrogens is 2. The number of H-pyrrole nitrogens is 1. The molecule has 2 nitrogen and oxygen atoms in total. The molecular weight excluding hydrogens is 130 g/mol. The molecule has 7 heavy (non-hydrogen) atoms. The monoisotopic (exact) mass is 136 g/mol. The Balaban J connectivity index is 0.000000360. The highest BCUT2D eigenvalue weighted by molar-refractivity contribution is 7.26. The second-order valence-corrected chi connectivity index (χ2v) is 1.84. The van der Waals surface area contributed by atoms with Crippen LogP contribution < -0.4 is 17.8 Å². The van der Waals surface area contributed by atoms with Gasteiger partial charge in [-0.15, -0.1) is 0 Å². The van der Waals surface area contributed by atoms with Crippen molar-refractivity contribution >= 4 is 14.7 Å². The van der Waals surface area contributed by atoms with Crippen molar-refractivity contribution in [2.75, 3.05) is 0 Å². The van der Waals surface area contributed by atoms with Crippen LogP contribution in [-0.4, -0.2) is 10.2 Å². The summed E-state index contributed by atoms with van der Waals surface area (Å²) in [6, 6.07) is 1.93. The molecule has 1 aromatic rings. The van der Waals surface area contributed by atoms with Crippen molar-refractivity contribution in [3.63, 3.8) is 0 Å². The molecule has 0 fully saturated rings. The maximum absolute atomic E-state index is 3.70. The molecular formula is C3H6ClN2P. The second kappa shape index (κ2) is 3.00. The predicted molar refractivity (Wildman–Crippen MR) is 29.3 cm³/mol. The normalized spacial score (nSPS) is 8.00. The molecule has 0 radical (unpaired) electrons. The van der Waals surface area contributed by atoms with E-state index in [-0.39, 0.29) is 12.4 Å². The van der Waals surface area contributed by atoms with Gasteiger partial charge in [0.05, 0.1) is 6.20 Å². The minimum atomic E-state index is 0. The second-order valence-electron chi connectivity index (χ2n) is 1.08. The zero-order chi connectivity index (χ0) is 4.41. The average Bonchev–Trinajstić information content (AvgIpc) is 1.86. The molecule has 4 heteroatoms. The molecule has 1 aromatic heterocycles. The van der Waals surface area contributed by atoms with Gasteiger partial charge in [-0.25, -0.2) is 5.10 Å². The van der Waals surface area contributed by atoms with E-state index in [2.05, 4.69) is 10.2 Å². The number of nitrogens with one attached hydrogen (secondary N) is 1. The van der Waals surface area contributed by atoms with Crippen LogP contribution in [0.2, 0.25) is 0 Å². The van der Waals surface area contributed by atoms with Gasteiger partial charge in [-0.2, -0.15) is 5.10 Å². The summed E-state index contributed by atoms with van der Waals surface area (Å²) in [7, 11) is 1.79. The first-order chi connectivity index (χ1) is 2.89. The Hall–Kier alpha value is -0.0700. The van der Waals surface area contributed by atoms with Gasteiger partial charge in [0.2, 0.25) is 0 Å². The first kappa shape index (κ1) is 6.93. The van der Waals surface area contributed by atoms with Gasteiger partial charge < -0.3 is 12.4 Å². The summed E-state index contributed by atoms with van der Waals surface area (Å²) >= 11 is 0. The van der Waals surface area contributed by atoms with Crippen LogP contribution in [0.5, 0.6) is 0 Å². The van der Waals surface area contributed by atoms with E-state index < -0.39 is 0 Å². The third kappa shape index (κ3) is 1.91. The lowest BCUT2D eigenvalue weighted by Crippen LogP contribution is -3.00. The Morgan fingerprint density at radius 1 is 1.71 bits per heavy atom. The fourth-order valence-corrected chi connectivity index (χ4v) is 0.481. The SMILES string of the molecule is [Cl-].[PH3+]c1ccn[nH]1. The van der Waals surface area contributed by atoms with Crippen molar-refractivity contribution in [3.05, 3.63) is 12.3 Å². The molecule has 0 saturated carbocycles. The minimum absolute atomic E-state index is 0. The van der Waals surface area contributed by atoms with E-state index in [1.54, 1.807) is 15.4 Å². The topological polar surface area (TPSA) is 28.7 Å². The van der Waals surface area contributed by atoms with E-state index in [1.165, 1.54) is 0 Å². The zero-order valence-corrected chi connectivity index (χ0v) is 5.86. The van der Waals surface area contributed by atoms with Crippen molar-refractivity contribution in [3.8, 4) is 0 Å². The lowest BCUT2D eigenvalue weighted by atomic mass is 10.8. The Bertz CT molecular complexity index is 116. The number of hydrogen-bond donors (Lipinski definition) is 1. The van der Waals surface area contributed by atoms with Crippen LogP contribution in [-0.2, 0) is 0 Å². The van der Waals surface area contributed by atoms with Crippen LogP contribution in [0.15, 0.2) is 12.3 Å². The van der Waals surface area contributed by atoms with E-state index in [0.29, 0.717) is 0 Å². The smallest absolute Gasteiger partial charge is 0.170 e. The van der Waals surface area contributed by atoms with Gasteiger partial charge in [-0.05, 0) is 0 Å². The van der Waals surface area contributed by atoms with Crippen LogP contribution in [0, 0.1) is 0 Å². The van der Waals surface area contributed by atoms with E-state index in [1.807, 2.05) is 6.07 Å². The molecule has 0 aromatic carbocycles. The van der Waals surface area contributed by atoms with Gasteiger partial charge in [0.25, 0.3) is 0 Å². The van der Waals surface area contributed by atoms with Crippen molar-refractivity contribution in [2.45, 2.75) is 0 Å². The molecule has 1 heterocycles. The lowest BCUT2D eigenvalue weighted by Gasteiger charge is -1.60. The van der Waals surface area contributed by atoms with E-state index in [4.69, 9.17) is 0 Å². The average molecular weight is 137 g/mol. The largest absolute Gasteiger partial charge is 1.00 e. The Morgan fingerprint density at radius 3 is 2.57 bits per heavy atom. The molecule has 0 spiro atoms. The fraction of sp³-hybridized carbons (Fsp3) is 0. The molecule has 0 bridgehead atoms. The van der Waals surface area contributed by atoms with Crippen molar-refractivity contribution in [1.29, 1.82) is 0 Å². The van der Waals surface area contributed by atoms with Crippen molar-refractivity contribution < 1.29 is 12.4 Å². The third-order valence-electron chi connectivity index (χ3n) is 0.558. The summed E-state index contributed by atoms with van der Waals surface area (Å²) in [5.74, 6) is 0. The molecule has 0 aliphatic rings. The molecule has 0 aliphatic heterocycles. The lowest BCUT2D eigenvalue weighted by molar-refractivity contribution is -0.00000123. The Labute approximate surface area is 50.3 Å². The molecule has 0 amide bonds. The third-order valence-corrected chi connectivity index (χ3v) is 0.952. The molecule has 0 aliphatic carbocycles. The molecule has 1 unspecified atom stereocenters. The van der Waals surface area contributed by atoms with Crippen LogP contribution >= 0.6 is 9.24 Å². The summed E-state index contributed by atoms with van der Waals surface area (Å²) in [6.45, 7) is 0. The standard InChI is InChI=1S/C3H5N2P.ClH/c6-3-1-2-4-5-3;/h1-2H,6H2,(H,4,5);1H. The molecule has 40 valence electrons. The molecule has 0 saturated heterocycles. The van der Waals surface area contributed by atoms with E-state index in [9.17, 15) is 0 Å². The number of rotatable bonds is 0. The summed E-state index contributed by atoms with van der Waals surface area (Å²) in [4.78, 5) is 0. The van der Waals surface area contributed by atoms with Gasteiger partial charge in [-0.1, -0.05) is 0 Å². The number of aromatic amines is 1. The van der Waals surface area contributed by atoms with Gasteiger partial charge in [0, 0.05) is 15.3 Å². The maximum Gasteiger partial charge on any atom is 0.170 e. The van der Waals surface area contributed by atoms with E-state index in [0.717, 1.165) is 5.44 Å². The quantitative estimate of drug-likeness (QED) is 0.371. The highest BCUT2D eigenvalue weighted by Crippen LogP contribution is 1.76.